The molecule has 0 heterocycles. The van der Waals surface area contributed by atoms with Crippen LogP contribution in [-0.4, -0.2) is 18.7 Å². The van der Waals surface area contributed by atoms with Crippen molar-refractivity contribution in [1.29, 1.82) is 0 Å². The molecule has 0 aromatic rings. The van der Waals surface area contributed by atoms with E-state index in [1.54, 1.807) is 0 Å². The van der Waals surface area contributed by atoms with Crippen LogP contribution in [0.2, 0.25) is 0 Å². The van der Waals surface area contributed by atoms with Crippen LogP contribution in [0.15, 0.2) is 12.3 Å². The maximum absolute atomic E-state index is 11.6. The van der Waals surface area contributed by atoms with Crippen molar-refractivity contribution >= 4 is 5.97 Å². The van der Waals surface area contributed by atoms with E-state index >= 15 is 0 Å². The Morgan fingerprint density at radius 1 is 0.870 bits per heavy atom. The first-order valence-electron chi connectivity index (χ1n) is 9.60. The second-order valence-corrected chi connectivity index (χ2v) is 6.48. The highest BCUT2D eigenvalue weighted by atomic mass is 16.6. The Balaban J connectivity index is 3.55. The fourth-order valence-corrected chi connectivity index (χ4v) is 2.46. The molecule has 3 nitrogen and oxygen atoms in total. The largest absolute Gasteiger partial charge is 0.492 e. The van der Waals surface area contributed by atoms with E-state index in [2.05, 4.69) is 20.4 Å². The zero-order valence-electron chi connectivity index (χ0n) is 15.7. The van der Waals surface area contributed by atoms with E-state index in [0.29, 0.717) is 13.0 Å². The molecule has 0 aliphatic rings. The minimum atomic E-state index is -0.109. The second kappa shape index (κ2) is 15.9. The number of allylic oxidation sites excluding steroid dienone is 1. The maximum Gasteiger partial charge on any atom is 0.305 e. The lowest BCUT2D eigenvalue weighted by atomic mass is 10.1. The molecule has 0 aromatic carbocycles. The molecule has 136 valence electrons. The first-order chi connectivity index (χ1) is 11.1. The molecule has 0 rings (SSSR count). The van der Waals surface area contributed by atoms with Crippen LogP contribution in [0.1, 0.15) is 97.8 Å². The van der Waals surface area contributed by atoms with E-state index in [1.165, 1.54) is 44.9 Å². The minimum Gasteiger partial charge on any atom is -0.492 e. The summed E-state index contributed by atoms with van der Waals surface area (Å²) in [7, 11) is 0. The molecule has 23 heavy (non-hydrogen) atoms. The summed E-state index contributed by atoms with van der Waals surface area (Å²) in [4.78, 5) is 11.6. The van der Waals surface area contributed by atoms with Gasteiger partial charge in [0.25, 0.3) is 0 Å². The van der Waals surface area contributed by atoms with Crippen LogP contribution in [-0.2, 0) is 14.3 Å². The van der Waals surface area contributed by atoms with Crippen LogP contribution in [0.5, 0.6) is 0 Å². The molecule has 0 bridgehead atoms. The van der Waals surface area contributed by atoms with Gasteiger partial charge >= 0.3 is 5.97 Å². The molecule has 0 aromatic heterocycles. The Morgan fingerprint density at radius 3 is 1.96 bits per heavy atom. The highest BCUT2D eigenvalue weighted by molar-refractivity contribution is 5.69. The van der Waals surface area contributed by atoms with E-state index in [9.17, 15) is 4.79 Å². The molecule has 0 aliphatic carbocycles. The van der Waals surface area contributed by atoms with Gasteiger partial charge in [0.2, 0.25) is 0 Å². The van der Waals surface area contributed by atoms with E-state index in [0.717, 1.165) is 31.4 Å². The summed E-state index contributed by atoms with van der Waals surface area (Å²) in [5.41, 5.74) is 0. The molecule has 0 aliphatic heterocycles. The molecule has 0 saturated carbocycles. The number of esters is 1. The minimum absolute atomic E-state index is 0.109. The molecule has 0 radical (unpaired) electrons. The molecular weight excluding hydrogens is 288 g/mol. The van der Waals surface area contributed by atoms with Crippen molar-refractivity contribution in [2.45, 2.75) is 104 Å². The van der Waals surface area contributed by atoms with Gasteiger partial charge < -0.3 is 9.47 Å². The van der Waals surface area contributed by atoms with Gasteiger partial charge in [0, 0.05) is 12.8 Å². The summed E-state index contributed by atoms with van der Waals surface area (Å²) in [5, 5.41) is 0. The molecule has 0 fully saturated rings. The van der Waals surface area contributed by atoms with Crippen molar-refractivity contribution in [2.75, 3.05) is 6.61 Å². The number of carbonyl (C=O) groups is 1. The van der Waals surface area contributed by atoms with Gasteiger partial charge in [-0.2, -0.15) is 0 Å². The predicted molar refractivity (Wildman–Crippen MR) is 97.4 cm³/mol. The van der Waals surface area contributed by atoms with E-state index in [4.69, 9.17) is 9.47 Å². The average molecular weight is 327 g/mol. The summed E-state index contributed by atoms with van der Waals surface area (Å²) in [6.07, 6.45) is 13.3. The third kappa shape index (κ3) is 15.7. The number of rotatable bonds is 16. The summed E-state index contributed by atoms with van der Waals surface area (Å²) in [5.74, 6) is 0.701. The Hall–Kier alpha value is -0.990. The van der Waals surface area contributed by atoms with Crippen molar-refractivity contribution in [3.05, 3.63) is 12.3 Å². The Labute approximate surface area is 143 Å². The quantitative estimate of drug-likeness (QED) is 0.193. The number of hydrogen-bond donors (Lipinski definition) is 0. The van der Waals surface area contributed by atoms with E-state index in [1.807, 2.05) is 6.92 Å². The predicted octanol–water partition coefficient (Wildman–Crippen LogP) is 6.17. The number of hydrogen-bond acceptors (Lipinski definition) is 3. The highest BCUT2D eigenvalue weighted by Gasteiger charge is 2.09. The third-order valence-corrected chi connectivity index (χ3v) is 3.89. The molecular formula is C20H38O3. The van der Waals surface area contributed by atoms with Crippen molar-refractivity contribution in [3.63, 3.8) is 0 Å². The summed E-state index contributed by atoms with van der Waals surface area (Å²) >= 11 is 0. The lowest BCUT2D eigenvalue weighted by Gasteiger charge is -2.16. The first-order valence-corrected chi connectivity index (χ1v) is 9.60. The topological polar surface area (TPSA) is 35.5 Å². The monoisotopic (exact) mass is 326 g/mol. The smallest absolute Gasteiger partial charge is 0.305 e. The van der Waals surface area contributed by atoms with Crippen LogP contribution in [0, 0.1) is 0 Å². The van der Waals surface area contributed by atoms with Gasteiger partial charge in [-0.25, -0.2) is 0 Å². The molecule has 1 atom stereocenters. The summed E-state index contributed by atoms with van der Waals surface area (Å²) in [6.45, 7) is 10.6. The van der Waals surface area contributed by atoms with Crippen LogP contribution in [0.3, 0.4) is 0 Å². The lowest BCUT2D eigenvalue weighted by molar-refractivity contribution is -0.146. The van der Waals surface area contributed by atoms with Crippen molar-refractivity contribution < 1.29 is 14.3 Å². The Kier molecular flexibility index (Phi) is 15.2. The van der Waals surface area contributed by atoms with Crippen molar-refractivity contribution in [3.8, 4) is 0 Å². The molecule has 0 spiro atoms. The number of unbranched alkanes of at least 4 members (excludes halogenated alkanes) is 8. The van der Waals surface area contributed by atoms with Gasteiger partial charge in [-0.05, 0) is 19.8 Å². The maximum atomic E-state index is 11.6. The van der Waals surface area contributed by atoms with Gasteiger partial charge in [0.15, 0.2) is 0 Å². The van der Waals surface area contributed by atoms with Gasteiger partial charge in [0.05, 0.1) is 5.76 Å². The van der Waals surface area contributed by atoms with E-state index in [-0.39, 0.29) is 12.1 Å². The van der Waals surface area contributed by atoms with Gasteiger partial charge in [-0.1, -0.05) is 71.8 Å². The van der Waals surface area contributed by atoms with Crippen LogP contribution >= 0.6 is 0 Å². The lowest BCUT2D eigenvalue weighted by Crippen LogP contribution is -2.18. The Morgan fingerprint density at radius 2 is 1.39 bits per heavy atom. The molecule has 0 amide bonds. The average Bonchev–Trinajstić information content (AvgIpc) is 2.52. The van der Waals surface area contributed by atoms with Crippen LogP contribution in [0.25, 0.3) is 0 Å². The van der Waals surface area contributed by atoms with E-state index < -0.39 is 0 Å². The first kappa shape index (κ1) is 22.0. The molecule has 0 N–H and O–H groups in total. The zero-order valence-corrected chi connectivity index (χ0v) is 15.7. The molecule has 0 saturated heterocycles. The number of ether oxygens (including phenoxy) is 2. The second-order valence-electron chi connectivity index (χ2n) is 6.48. The fraction of sp³-hybridized carbons (Fsp3) is 0.850. The summed E-state index contributed by atoms with van der Waals surface area (Å²) < 4.78 is 11.0. The molecule has 3 heteroatoms. The van der Waals surface area contributed by atoms with Crippen LogP contribution in [0.4, 0.5) is 0 Å². The van der Waals surface area contributed by atoms with Gasteiger partial charge in [-0.15, -0.1) is 0 Å². The van der Waals surface area contributed by atoms with Crippen molar-refractivity contribution in [2.24, 2.45) is 0 Å². The standard InChI is InChI=1S/C20H38O3/c1-5-7-9-11-13-15-18(3)23-19(4)17-22-20(21)16-14-12-10-8-6-2/h19H,3,5-17H2,1-2,4H3. The van der Waals surface area contributed by atoms with Crippen molar-refractivity contribution in [1.82, 2.24) is 0 Å². The third-order valence-electron chi connectivity index (χ3n) is 3.89. The number of carbonyl (C=O) groups excluding carboxylic acids is 1. The highest BCUT2D eigenvalue weighted by Crippen LogP contribution is 2.13. The zero-order chi connectivity index (χ0) is 17.3. The fourth-order valence-electron chi connectivity index (χ4n) is 2.46. The SMILES string of the molecule is C=C(CCCCCCC)OC(C)COC(=O)CCCCCCC. The van der Waals surface area contributed by atoms with Gasteiger partial charge in [0.1, 0.15) is 12.7 Å². The molecule has 1 unspecified atom stereocenters. The normalized spacial score (nSPS) is 12.0. The van der Waals surface area contributed by atoms with Crippen LogP contribution < -0.4 is 0 Å². The Bertz CT molecular complexity index is 299. The van der Waals surface area contributed by atoms with Gasteiger partial charge in [-0.3, -0.25) is 4.79 Å². The summed E-state index contributed by atoms with van der Waals surface area (Å²) in [6, 6.07) is 0.